The number of carbonyl (C=O) groups is 1. The summed E-state index contributed by atoms with van der Waals surface area (Å²) in [5, 5.41) is 0. The maximum atomic E-state index is 12.5. The van der Waals surface area contributed by atoms with E-state index in [9.17, 15) is 18.0 Å². The Bertz CT molecular complexity index is 385. The normalized spacial score (nSPS) is 11.5. The van der Waals surface area contributed by atoms with Crippen LogP contribution >= 0.6 is 15.9 Å². The molecule has 1 rings (SSSR count). The van der Waals surface area contributed by atoms with Crippen LogP contribution in [0.1, 0.15) is 18.1 Å². The SMILES string of the molecule is CC(=O)Cc1ccc(Br)c(C(F)(F)F)c1. The minimum atomic E-state index is -4.40. The number of ketones is 1. The zero-order chi connectivity index (χ0) is 11.6. The molecule has 5 heteroatoms. The molecule has 0 saturated carbocycles. The number of alkyl halides is 3. The Morgan fingerprint density at radius 1 is 1.40 bits per heavy atom. The molecule has 0 amide bonds. The molecule has 0 N–H and O–H groups in total. The van der Waals surface area contributed by atoms with E-state index in [2.05, 4.69) is 15.9 Å². The molecular formula is C10H8BrF3O. The molecule has 0 aliphatic carbocycles. The highest BCUT2D eigenvalue weighted by Gasteiger charge is 2.33. The standard InChI is InChI=1S/C10H8BrF3O/c1-6(15)4-7-2-3-9(11)8(5-7)10(12,13)14/h2-3,5H,4H2,1H3. The predicted molar refractivity (Wildman–Crippen MR) is 53.5 cm³/mol. The van der Waals surface area contributed by atoms with E-state index in [4.69, 9.17) is 0 Å². The van der Waals surface area contributed by atoms with Gasteiger partial charge < -0.3 is 0 Å². The van der Waals surface area contributed by atoms with Gasteiger partial charge >= 0.3 is 6.18 Å². The van der Waals surface area contributed by atoms with Gasteiger partial charge in [0.1, 0.15) is 5.78 Å². The van der Waals surface area contributed by atoms with E-state index in [1.54, 1.807) is 0 Å². The summed E-state index contributed by atoms with van der Waals surface area (Å²) < 4.78 is 37.3. The first-order chi connectivity index (χ1) is 6.80. The topological polar surface area (TPSA) is 17.1 Å². The Balaban J connectivity index is 3.11. The second-order valence-electron chi connectivity index (χ2n) is 3.19. The molecule has 0 aliphatic rings. The number of hydrogen-bond donors (Lipinski definition) is 0. The summed E-state index contributed by atoms with van der Waals surface area (Å²) in [5.74, 6) is -0.162. The third-order valence-corrected chi connectivity index (χ3v) is 2.48. The Morgan fingerprint density at radius 2 is 2.00 bits per heavy atom. The molecule has 0 radical (unpaired) electrons. The lowest BCUT2D eigenvalue weighted by Gasteiger charge is -2.10. The summed E-state index contributed by atoms with van der Waals surface area (Å²) in [6.45, 7) is 1.34. The Labute approximate surface area is 93.4 Å². The molecule has 0 aromatic heterocycles. The van der Waals surface area contributed by atoms with E-state index in [1.807, 2.05) is 0 Å². The van der Waals surface area contributed by atoms with Gasteiger partial charge in [-0.3, -0.25) is 4.79 Å². The fourth-order valence-corrected chi connectivity index (χ4v) is 1.66. The van der Waals surface area contributed by atoms with Gasteiger partial charge in [-0.25, -0.2) is 0 Å². The number of halogens is 4. The molecule has 0 fully saturated rings. The quantitative estimate of drug-likeness (QED) is 0.809. The second kappa shape index (κ2) is 4.35. The second-order valence-corrected chi connectivity index (χ2v) is 4.05. The minimum Gasteiger partial charge on any atom is -0.300 e. The maximum absolute atomic E-state index is 12.5. The minimum absolute atomic E-state index is 0.0118. The highest BCUT2D eigenvalue weighted by atomic mass is 79.9. The van der Waals surface area contributed by atoms with E-state index in [0.717, 1.165) is 6.07 Å². The number of Topliss-reactive ketones (excluding diaryl/α,β-unsaturated/α-hetero) is 1. The molecule has 0 saturated heterocycles. The molecule has 1 aromatic rings. The van der Waals surface area contributed by atoms with Crippen molar-refractivity contribution < 1.29 is 18.0 Å². The van der Waals surface area contributed by atoms with Crippen molar-refractivity contribution in [1.82, 2.24) is 0 Å². The predicted octanol–water partition coefficient (Wildman–Crippen LogP) is 3.60. The highest BCUT2D eigenvalue weighted by Crippen LogP contribution is 2.35. The van der Waals surface area contributed by atoms with Crippen molar-refractivity contribution in [2.45, 2.75) is 19.5 Å². The molecule has 0 bridgehead atoms. The van der Waals surface area contributed by atoms with E-state index >= 15 is 0 Å². The Kier molecular flexibility index (Phi) is 3.54. The van der Waals surface area contributed by atoms with Gasteiger partial charge in [0.15, 0.2) is 0 Å². The lowest BCUT2D eigenvalue weighted by Crippen LogP contribution is -2.07. The first-order valence-corrected chi connectivity index (χ1v) is 4.95. The van der Waals surface area contributed by atoms with Gasteiger partial charge in [0.2, 0.25) is 0 Å². The molecule has 0 heterocycles. The van der Waals surface area contributed by atoms with Crippen LogP contribution in [-0.2, 0) is 17.4 Å². The van der Waals surface area contributed by atoms with Crippen LogP contribution in [0.15, 0.2) is 22.7 Å². The Morgan fingerprint density at radius 3 is 2.47 bits per heavy atom. The van der Waals surface area contributed by atoms with Crippen LogP contribution < -0.4 is 0 Å². The van der Waals surface area contributed by atoms with Gasteiger partial charge in [-0.05, 0) is 24.6 Å². The lowest BCUT2D eigenvalue weighted by molar-refractivity contribution is -0.138. The van der Waals surface area contributed by atoms with Crippen LogP contribution in [0.3, 0.4) is 0 Å². The fourth-order valence-electron chi connectivity index (χ4n) is 1.19. The fraction of sp³-hybridized carbons (Fsp3) is 0.300. The van der Waals surface area contributed by atoms with E-state index in [-0.39, 0.29) is 16.7 Å². The van der Waals surface area contributed by atoms with Crippen LogP contribution in [0, 0.1) is 0 Å². The summed E-state index contributed by atoms with van der Waals surface area (Å²) in [5.41, 5.74) is -0.376. The van der Waals surface area contributed by atoms with Crippen molar-refractivity contribution in [3.63, 3.8) is 0 Å². The zero-order valence-corrected chi connectivity index (χ0v) is 9.45. The highest BCUT2D eigenvalue weighted by molar-refractivity contribution is 9.10. The van der Waals surface area contributed by atoms with Crippen molar-refractivity contribution in [3.05, 3.63) is 33.8 Å². The summed E-state index contributed by atoms with van der Waals surface area (Å²) in [4.78, 5) is 10.8. The molecule has 0 unspecified atom stereocenters. The van der Waals surface area contributed by atoms with Gasteiger partial charge in [0.25, 0.3) is 0 Å². The van der Waals surface area contributed by atoms with Crippen LogP contribution in [-0.4, -0.2) is 5.78 Å². The summed E-state index contributed by atoms with van der Waals surface area (Å²) in [6.07, 6.45) is -4.37. The average Bonchev–Trinajstić information content (AvgIpc) is 2.05. The molecule has 82 valence electrons. The van der Waals surface area contributed by atoms with Crippen LogP contribution in [0.4, 0.5) is 13.2 Å². The van der Waals surface area contributed by atoms with Crippen molar-refractivity contribution in [3.8, 4) is 0 Å². The number of rotatable bonds is 2. The van der Waals surface area contributed by atoms with Crippen molar-refractivity contribution in [2.24, 2.45) is 0 Å². The van der Waals surface area contributed by atoms with Gasteiger partial charge in [0, 0.05) is 10.9 Å². The van der Waals surface area contributed by atoms with Crippen molar-refractivity contribution >= 4 is 21.7 Å². The zero-order valence-electron chi connectivity index (χ0n) is 7.86. The molecular weight excluding hydrogens is 273 g/mol. The molecule has 0 aliphatic heterocycles. The Hall–Kier alpha value is -0.840. The lowest BCUT2D eigenvalue weighted by atomic mass is 10.1. The summed E-state index contributed by atoms with van der Waals surface area (Å²) >= 11 is 2.83. The number of benzene rings is 1. The first-order valence-electron chi connectivity index (χ1n) is 4.16. The average molecular weight is 281 g/mol. The molecule has 0 spiro atoms. The van der Waals surface area contributed by atoms with E-state index in [1.165, 1.54) is 19.1 Å². The molecule has 1 aromatic carbocycles. The van der Waals surface area contributed by atoms with Crippen LogP contribution in [0.25, 0.3) is 0 Å². The molecule has 1 nitrogen and oxygen atoms in total. The van der Waals surface area contributed by atoms with Gasteiger partial charge in [-0.15, -0.1) is 0 Å². The smallest absolute Gasteiger partial charge is 0.300 e. The number of carbonyl (C=O) groups excluding carboxylic acids is 1. The monoisotopic (exact) mass is 280 g/mol. The molecule has 0 atom stereocenters. The van der Waals surface area contributed by atoms with Crippen LogP contribution in [0.2, 0.25) is 0 Å². The molecule has 15 heavy (non-hydrogen) atoms. The van der Waals surface area contributed by atoms with Gasteiger partial charge in [-0.2, -0.15) is 13.2 Å². The van der Waals surface area contributed by atoms with Crippen LogP contribution in [0.5, 0.6) is 0 Å². The first kappa shape index (κ1) is 12.2. The third-order valence-electron chi connectivity index (χ3n) is 1.79. The van der Waals surface area contributed by atoms with Gasteiger partial charge in [-0.1, -0.05) is 22.0 Å². The van der Waals surface area contributed by atoms with Crippen molar-refractivity contribution in [2.75, 3.05) is 0 Å². The van der Waals surface area contributed by atoms with E-state index in [0.29, 0.717) is 5.56 Å². The summed E-state index contributed by atoms with van der Waals surface area (Å²) in [7, 11) is 0. The van der Waals surface area contributed by atoms with E-state index < -0.39 is 11.7 Å². The largest absolute Gasteiger partial charge is 0.417 e. The van der Waals surface area contributed by atoms with Crippen molar-refractivity contribution in [1.29, 1.82) is 0 Å². The summed E-state index contributed by atoms with van der Waals surface area (Å²) in [6, 6.07) is 3.80. The van der Waals surface area contributed by atoms with Gasteiger partial charge in [0.05, 0.1) is 5.56 Å². The maximum Gasteiger partial charge on any atom is 0.417 e. The number of hydrogen-bond acceptors (Lipinski definition) is 1. The third kappa shape index (κ3) is 3.34.